The van der Waals surface area contributed by atoms with Gasteiger partial charge >= 0.3 is 0 Å². The first-order valence-electron chi connectivity index (χ1n) is 14.6. The first kappa shape index (κ1) is 30.4. The van der Waals surface area contributed by atoms with Crippen LogP contribution >= 0.6 is 34.3 Å². The van der Waals surface area contributed by atoms with Crippen molar-refractivity contribution in [3.63, 3.8) is 0 Å². The van der Waals surface area contributed by atoms with E-state index in [4.69, 9.17) is 11.6 Å². The van der Waals surface area contributed by atoms with Crippen molar-refractivity contribution < 1.29 is 18.4 Å². The molecular weight excluding hydrogens is 618 g/mol. The molecule has 9 heteroatoms. The molecule has 44 heavy (non-hydrogen) atoms. The van der Waals surface area contributed by atoms with E-state index in [0.29, 0.717) is 25.8 Å². The second kappa shape index (κ2) is 13.2. The Balaban J connectivity index is 1.25. The van der Waals surface area contributed by atoms with Gasteiger partial charge in [-0.15, -0.1) is 22.7 Å². The first-order chi connectivity index (χ1) is 21.3. The number of carbonyl (C=O) groups excluding carboxylic acids is 2. The van der Waals surface area contributed by atoms with E-state index in [1.165, 1.54) is 0 Å². The van der Waals surface area contributed by atoms with Gasteiger partial charge in [-0.2, -0.15) is 0 Å². The van der Waals surface area contributed by atoms with Gasteiger partial charge < -0.3 is 9.80 Å². The summed E-state index contributed by atoms with van der Waals surface area (Å²) in [5.74, 6) is -1.53. The van der Waals surface area contributed by atoms with Gasteiger partial charge in [-0.3, -0.25) is 9.59 Å². The third-order valence-corrected chi connectivity index (χ3v) is 11.1. The smallest absolute Gasteiger partial charge is 0.266 e. The Labute approximate surface area is 268 Å². The van der Waals surface area contributed by atoms with E-state index in [9.17, 15) is 18.4 Å². The maximum Gasteiger partial charge on any atom is 0.266 e. The highest BCUT2D eigenvalue weighted by molar-refractivity contribution is 7.21. The van der Waals surface area contributed by atoms with Gasteiger partial charge in [0.15, 0.2) is 0 Å². The second-order valence-electron chi connectivity index (χ2n) is 11.2. The summed E-state index contributed by atoms with van der Waals surface area (Å²) in [7, 11) is 1.86. The van der Waals surface area contributed by atoms with Crippen LogP contribution in [0.4, 0.5) is 8.78 Å². The Hall–Kier alpha value is -3.59. The molecule has 0 N–H and O–H groups in total. The summed E-state index contributed by atoms with van der Waals surface area (Å²) in [6.07, 6.45) is 3.21. The fourth-order valence-electron chi connectivity index (χ4n) is 6.05. The van der Waals surface area contributed by atoms with Crippen LogP contribution in [0.15, 0.2) is 84.2 Å². The van der Waals surface area contributed by atoms with Crippen molar-refractivity contribution in [3.05, 3.63) is 117 Å². The lowest BCUT2D eigenvalue weighted by Crippen LogP contribution is -2.46. The zero-order valence-electron chi connectivity index (χ0n) is 24.1. The number of carbonyl (C=O) groups is 2. The minimum atomic E-state index is -0.652. The van der Waals surface area contributed by atoms with Crippen LogP contribution in [-0.2, 0) is 17.8 Å². The first-order valence-corrected chi connectivity index (χ1v) is 16.7. The van der Waals surface area contributed by atoms with Gasteiger partial charge in [0, 0.05) is 30.6 Å². The quantitative estimate of drug-likeness (QED) is 0.168. The molecule has 2 heterocycles. The number of nitrogens with zero attached hydrogens (tertiary/aromatic N) is 2. The average Bonchev–Trinajstić information content (AvgIpc) is 3.71. The van der Waals surface area contributed by atoms with Crippen LogP contribution in [0.2, 0.25) is 5.02 Å². The van der Waals surface area contributed by atoms with Crippen LogP contribution in [0, 0.1) is 11.6 Å². The molecule has 5 aromatic rings. The largest absolute Gasteiger partial charge is 0.342 e. The highest BCUT2D eigenvalue weighted by Gasteiger charge is 2.34. The zero-order valence-corrected chi connectivity index (χ0v) is 26.5. The lowest BCUT2D eigenvalue weighted by Gasteiger charge is -2.39. The lowest BCUT2D eigenvalue weighted by molar-refractivity contribution is -0.132. The van der Waals surface area contributed by atoms with Crippen molar-refractivity contribution in [3.8, 4) is 10.4 Å². The number of fused-ring (bicyclic) bond motifs is 1. The highest BCUT2D eigenvalue weighted by atomic mass is 35.5. The van der Waals surface area contributed by atoms with Gasteiger partial charge in [0.25, 0.3) is 5.91 Å². The van der Waals surface area contributed by atoms with Gasteiger partial charge in [-0.1, -0.05) is 66.2 Å². The van der Waals surface area contributed by atoms with Gasteiger partial charge in [0.05, 0.1) is 21.5 Å². The Bertz CT molecular complexity index is 1780. The monoisotopic (exact) mass is 648 g/mol. The molecule has 0 radical (unpaired) electrons. The lowest BCUT2D eigenvalue weighted by atomic mass is 9.88. The van der Waals surface area contributed by atoms with Crippen LogP contribution in [0.5, 0.6) is 0 Å². The molecule has 1 saturated carbocycles. The van der Waals surface area contributed by atoms with Crippen LogP contribution in [-0.4, -0.2) is 40.7 Å². The van der Waals surface area contributed by atoms with Crippen molar-refractivity contribution in [2.45, 2.75) is 50.7 Å². The van der Waals surface area contributed by atoms with Crippen LogP contribution in [0.25, 0.3) is 20.5 Å². The van der Waals surface area contributed by atoms with Gasteiger partial charge in [0.2, 0.25) is 5.91 Å². The van der Waals surface area contributed by atoms with Crippen molar-refractivity contribution in [1.82, 2.24) is 9.80 Å². The minimum Gasteiger partial charge on any atom is -0.342 e. The van der Waals surface area contributed by atoms with E-state index in [0.717, 1.165) is 57.9 Å². The van der Waals surface area contributed by atoms with E-state index < -0.39 is 11.6 Å². The van der Waals surface area contributed by atoms with Crippen LogP contribution in [0.3, 0.4) is 0 Å². The molecule has 1 fully saturated rings. The molecular formula is C35H31ClF2N2O2S2. The Morgan fingerprint density at radius 2 is 1.57 bits per heavy atom. The second-order valence-corrected chi connectivity index (χ2v) is 13.6. The molecule has 0 saturated heterocycles. The fourth-order valence-corrected chi connectivity index (χ4v) is 8.28. The number of likely N-dealkylation sites (N-methyl/N-ethyl adjacent to an activating group) is 1. The maximum absolute atomic E-state index is 14.7. The van der Waals surface area contributed by atoms with E-state index in [1.54, 1.807) is 11.3 Å². The third kappa shape index (κ3) is 6.29. The minimum absolute atomic E-state index is 0.0419. The Morgan fingerprint density at radius 3 is 2.27 bits per heavy atom. The van der Waals surface area contributed by atoms with Crippen LogP contribution in [0.1, 0.15) is 46.5 Å². The van der Waals surface area contributed by atoms with Gasteiger partial charge in [-0.05, 0) is 72.0 Å². The van der Waals surface area contributed by atoms with Gasteiger partial charge in [0.1, 0.15) is 16.5 Å². The molecule has 2 aromatic heterocycles. The van der Waals surface area contributed by atoms with Crippen molar-refractivity contribution in [1.29, 1.82) is 0 Å². The fraction of sp³-hybridized carbons (Fsp3) is 0.257. The summed E-state index contributed by atoms with van der Waals surface area (Å²) in [6.45, 7) is 0.325. The normalized spacial score (nSPS) is 16.6. The zero-order chi connectivity index (χ0) is 30.8. The van der Waals surface area contributed by atoms with E-state index in [-0.39, 0.29) is 43.9 Å². The number of halogens is 3. The molecule has 226 valence electrons. The molecule has 3 aromatic carbocycles. The molecule has 2 amide bonds. The summed E-state index contributed by atoms with van der Waals surface area (Å²) < 4.78 is 29.4. The Kier molecular flexibility index (Phi) is 9.12. The van der Waals surface area contributed by atoms with Crippen molar-refractivity contribution in [2.24, 2.45) is 0 Å². The maximum atomic E-state index is 14.7. The van der Waals surface area contributed by atoms with Crippen molar-refractivity contribution >= 4 is 56.2 Å². The average molecular weight is 649 g/mol. The molecule has 4 nitrogen and oxygen atoms in total. The molecule has 6 rings (SSSR count). The number of hydrogen-bond donors (Lipinski definition) is 0. The summed E-state index contributed by atoms with van der Waals surface area (Å²) >= 11 is 9.13. The molecule has 0 bridgehead atoms. The van der Waals surface area contributed by atoms with Gasteiger partial charge in [-0.25, -0.2) is 8.78 Å². The summed E-state index contributed by atoms with van der Waals surface area (Å²) in [6, 6.07) is 23.9. The molecule has 0 spiro atoms. The number of thiophene rings is 2. The van der Waals surface area contributed by atoms with E-state index in [1.807, 2.05) is 76.8 Å². The molecule has 1 aliphatic carbocycles. The van der Waals surface area contributed by atoms with Crippen molar-refractivity contribution in [2.75, 3.05) is 7.05 Å². The highest BCUT2D eigenvalue weighted by Crippen LogP contribution is 2.40. The predicted octanol–water partition coefficient (Wildman–Crippen LogP) is 9.22. The number of hydrogen-bond acceptors (Lipinski definition) is 4. The standard InChI is InChI=1S/C35H31ClF2N2O2S2/c1-39(30(41)20-22-7-3-2-4-8-22)25-12-14-26(15-13-25)40(21-23-9-5-10-24(19-23)29-11-6-18-43-29)35(42)34-32(36)31-27(37)16-17-28(38)33(31)44-34/h2-11,16-19,25-26H,12-15,20-21H2,1H3. The predicted molar refractivity (Wildman–Crippen MR) is 175 cm³/mol. The Morgan fingerprint density at radius 1 is 0.864 bits per heavy atom. The third-order valence-electron chi connectivity index (χ3n) is 8.47. The molecule has 0 aliphatic heterocycles. The molecule has 0 atom stereocenters. The summed E-state index contributed by atoms with van der Waals surface area (Å²) in [5.41, 5.74) is 3.00. The number of benzene rings is 3. The topological polar surface area (TPSA) is 40.6 Å². The number of amides is 2. The summed E-state index contributed by atoms with van der Waals surface area (Å²) in [5, 5.41) is 1.92. The van der Waals surface area contributed by atoms with E-state index >= 15 is 0 Å². The molecule has 1 aliphatic rings. The summed E-state index contributed by atoms with van der Waals surface area (Å²) in [4.78, 5) is 32.2. The van der Waals surface area contributed by atoms with E-state index in [2.05, 4.69) is 12.1 Å². The van der Waals surface area contributed by atoms with Crippen LogP contribution < -0.4 is 0 Å². The number of rotatable bonds is 8. The molecule has 0 unspecified atom stereocenters. The SMILES string of the molecule is CN(C(=O)Cc1ccccc1)C1CCC(N(Cc2cccc(-c3cccs3)c2)C(=O)c2sc3c(F)ccc(F)c3c2Cl)CC1.